The van der Waals surface area contributed by atoms with Crippen molar-refractivity contribution in [1.29, 1.82) is 0 Å². The predicted molar refractivity (Wildman–Crippen MR) is 95.9 cm³/mol. The Morgan fingerprint density at radius 1 is 1.19 bits per heavy atom. The van der Waals surface area contributed by atoms with Crippen LogP contribution in [0.25, 0.3) is 11.1 Å². The van der Waals surface area contributed by atoms with E-state index in [1.807, 2.05) is 0 Å². The van der Waals surface area contributed by atoms with Crippen molar-refractivity contribution < 1.29 is 22.4 Å². The normalized spacial score (nSPS) is 11.5. The van der Waals surface area contributed by atoms with Gasteiger partial charge in [-0.3, -0.25) is 4.79 Å². The molecule has 0 fully saturated rings. The van der Waals surface area contributed by atoms with Crippen molar-refractivity contribution in [3.8, 4) is 5.75 Å². The van der Waals surface area contributed by atoms with E-state index < -0.39 is 15.9 Å². The number of aryl methyl sites for hydroxylation is 1. The minimum absolute atomic E-state index is 0.113. The first kappa shape index (κ1) is 17.9. The maximum atomic E-state index is 12.5. The molecule has 0 aliphatic carbocycles. The quantitative estimate of drug-likeness (QED) is 0.708. The topological polar surface area (TPSA) is 111 Å². The molecule has 1 amide bonds. The molecule has 1 heterocycles. The Labute approximate surface area is 150 Å². The largest absolute Gasteiger partial charge is 0.495 e. The molecule has 3 aromatic rings. The average molecular weight is 375 g/mol. The van der Waals surface area contributed by atoms with Crippen LogP contribution in [0.2, 0.25) is 0 Å². The number of nitrogens with zero attached hydrogens (tertiary/aromatic N) is 1. The van der Waals surface area contributed by atoms with Crippen LogP contribution in [0.15, 0.2) is 45.7 Å². The third kappa shape index (κ3) is 3.39. The van der Waals surface area contributed by atoms with Crippen molar-refractivity contribution in [2.75, 3.05) is 19.5 Å². The number of oxazole rings is 1. The van der Waals surface area contributed by atoms with Crippen molar-refractivity contribution in [3.05, 3.63) is 47.9 Å². The van der Waals surface area contributed by atoms with E-state index in [9.17, 15) is 13.2 Å². The molecule has 26 heavy (non-hydrogen) atoms. The summed E-state index contributed by atoms with van der Waals surface area (Å²) < 4.78 is 36.9. The highest BCUT2D eigenvalue weighted by Gasteiger charge is 2.20. The second-order valence-corrected chi connectivity index (χ2v) is 7.30. The standard InChI is InChI=1S/C17H17N3O5S/c1-10-19-13-9-12(5-7-14(13)25-10)20-17(21)11-4-6-15(24-3)16(8-11)26(22,23)18-2/h4-9,18H,1-3H3,(H,20,21). The molecule has 0 aliphatic heterocycles. The number of benzene rings is 2. The van der Waals surface area contributed by atoms with Crippen LogP contribution in [0.3, 0.4) is 0 Å². The van der Waals surface area contributed by atoms with Crippen LogP contribution in [0.5, 0.6) is 5.75 Å². The fourth-order valence-electron chi connectivity index (χ4n) is 2.46. The number of ether oxygens (including phenoxy) is 1. The maximum Gasteiger partial charge on any atom is 0.255 e. The van der Waals surface area contributed by atoms with Crippen molar-refractivity contribution >= 4 is 32.7 Å². The van der Waals surface area contributed by atoms with Crippen molar-refractivity contribution in [2.24, 2.45) is 0 Å². The minimum atomic E-state index is -3.77. The first-order valence-electron chi connectivity index (χ1n) is 7.64. The van der Waals surface area contributed by atoms with E-state index >= 15 is 0 Å². The van der Waals surface area contributed by atoms with E-state index in [1.165, 1.54) is 32.4 Å². The van der Waals surface area contributed by atoms with Gasteiger partial charge in [-0.2, -0.15) is 0 Å². The number of sulfonamides is 1. The summed E-state index contributed by atoms with van der Waals surface area (Å²) in [6.07, 6.45) is 0. The van der Waals surface area contributed by atoms with Crippen molar-refractivity contribution in [3.63, 3.8) is 0 Å². The van der Waals surface area contributed by atoms with E-state index in [0.717, 1.165) is 0 Å². The fourth-order valence-corrected chi connectivity index (χ4v) is 3.38. The third-order valence-electron chi connectivity index (χ3n) is 3.74. The Kier molecular flexibility index (Phi) is 4.66. The van der Waals surface area contributed by atoms with Crippen LogP contribution in [0.1, 0.15) is 16.2 Å². The van der Waals surface area contributed by atoms with Crippen LogP contribution in [-0.4, -0.2) is 33.5 Å². The van der Waals surface area contributed by atoms with Crippen LogP contribution in [0.4, 0.5) is 5.69 Å². The number of hydrogen-bond donors (Lipinski definition) is 2. The molecule has 2 aromatic carbocycles. The second kappa shape index (κ2) is 6.77. The molecule has 0 radical (unpaired) electrons. The van der Waals surface area contributed by atoms with Gasteiger partial charge in [0.15, 0.2) is 11.5 Å². The van der Waals surface area contributed by atoms with Crippen LogP contribution >= 0.6 is 0 Å². The Bertz CT molecular complexity index is 1090. The SMILES string of the molecule is CNS(=O)(=O)c1cc(C(=O)Nc2ccc3oc(C)nc3c2)ccc1OC. The summed E-state index contributed by atoms with van der Waals surface area (Å²) in [5, 5.41) is 2.72. The summed E-state index contributed by atoms with van der Waals surface area (Å²) >= 11 is 0. The highest BCUT2D eigenvalue weighted by Crippen LogP contribution is 2.25. The van der Waals surface area contributed by atoms with Crippen LogP contribution in [0, 0.1) is 6.92 Å². The van der Waals surface area contributed by atoms with Gasteiger partial charge in [0.25, 0.3) is 5.91 Å². The summed E-state index contributed by atoms with van der Waals surface area (Å²) in [5.74, 6) is 0.218. The van der Waals surface area contributed by atoms with E-state index in [2.05, 4.69) is 15.0 Å². The number of rotatable bonds is 5. The van der Waals surface area contributed by atoms with E-state index in [0.29, 0.717) is 22.7 Å². The molecule has 2 N–H and O–H groups in total. The number of methoxy groups -OCH3 is 1. The van der Waals surface area contributed by atoms with E-state index in [4.69, 9.17) is 9.15 Å². The highest BCUT2D eigenvalue weighted by molar-refractivity contribution is 7.89. The molecule has 0 aliphatic rings. The summed E-state index contributed by atoms with van der Waals surface area (Å²) in [5.41, 5.74) is 1.93. The molecule has 8 nitrogen and oxygen atoms in total. The average Bonchev–Trinajstić information content (AvgIpc) is 3.00. The number of amides is 1. The van der Waals surface area contributed by atoms with Crippen molar-refractivity contribution in [1.82, 2.24) is 9.71 Å². The second-order valence-electron chi connectivity index (χ2n) is 5.44. The highest BCUT2D eigenvalue weighted by atomic mass is 32.2. The van der Waals surface area contributed by atoms with Crippen LogP contribution < -0.4 is 14.8 Å². The molecule has 136 valence electrons. The Morgan fingerprint density at radius 3 is 2.65 bits per heavy atom. The van der Waals surface area contributed by atoms with Gasteiger partial charge in [-0.15, -0.1) is 0 Å². The van der Waals surface area contributed by atoms with Gasteiger partial charge in [-0.05, 0) is 43.4 Å². The van der Waals surface area contributed by atoms with E-state index in [-0.39, 0.29) is 16.2 Å². The Morgan fingerprint density at radius 2 is 1.96 bits per heavy atom. The Hall–Kier alpha value is -2.91. The maximum absolute atomic E-state index is 12.5. The van der Waals surface area contributed by atoms with Gasteiger partial charge in [0, 0.05) is 18.2 Å². The van der Waals surface area contributed by atoms with Gasteiger partial charge in [-0.1, -0.05) is 0 Å². The molecular formula is C17H17N3O5S. The minimum Gasteiger partial charge on any atom is -0.495 e. The summed E-state index contributed by atoms with van der Waals surface area (Å²) in [7, 11) is -1.12. The van der Waals surface area contributed by atoms with E-state index in [1.54, 1.807) is 25.1 Å². The smallest absolute Gasteiger partial charge is 0.255 e. The van der Waals surface area contributed by atoms with Gasteiger partial charge < -0.3 is 14.5 Å². The number of fused-ring (bicyclic) bond motifs is 1. The summed E-state index contributed by atoms with van der Waals surface area (Å²) in [6.45, 7) is 1.74. The van der Waals surface area contributed by atoms with Gasteiger partial charge in [0.2, 0.25) is 10.0 Å². The molecule has 0 bridgehead atoms. The molecule has 0 saturated carbocycles. The fraction of sp³-hybridized carbons (Fsp3) is 0.176. The van der Waals surface area contributed by atoms with Gasteiger partial charge in [0.1, 0.15) is 16.2 Å². The lowest BCUT2D eigenvalue weighted by atomic mass is 10.2. The zero-order chi connectivity index (χ0) is 18.9. The number of hydrogen-bond acceptors (Lipinski definition) is 6. The summed E-state index contributed by atoms with van der Waals surface area (Å²) in [6, 6.07) is 9.25. The first-order chi connectivity index (χ1) is 12.3. The Balaban J connectivity index is 1.92. The molecule has 1 aromatic heterocycles. The van der Waals surface area contributed by atoms with Crippen molar-refractivity contribution in [2.45, 2.75) is 11.8 Å². The molecule has 0 saturated heterocycles. The third-order valence-corrected chi connectivity index (χ3v) is 5.17. The number of carbonyl (C=O) groups is 1. The van der Waals surface area contributed by atoms with Gasteiger partial charge >= 0.3 is 0 Å². The summed E-state index contributed by atoms with van der Waals surface area (Å²) in [4.78, 5) is 16.6. The zero-order valence-electron chi connectivity index (χ0n) is 14.4. The lowest BCUT2D eigenvalue weighted by molar-refractivity contribution is 0.102. The van der Waals surface area contributed by atoms with Crippen LogP contribution in [-0.2, 0) is 10.0 Å². The molecule has 0 unspecified atom stereocenters. The zero-order valence-corrected chi connectivity index (χ0v) is 15.2. The lowest BCUT2D eigenvalue weighted by Gasteiger charge is -2.11. The first-order valence-corrected chi connectivity index (χ1v) is 9.12. The molecule has 0 spiro atoms. The van der Waals surface area contributed by atoms with Gasteiger partial charge in [-0.25, -0.2) is 18.1 Å². The number of aromatic nitrogens is 1. The predicted octanol–water partition coefficient (Wildman–Crippen LogP) is 2.31. The monoisotopic (exact) mass is 375 g/mol. The molecular weight excluding hydrogens is 358 g/mol. The molecule has 0 atom stereocenters. The lowest BCUT2D eigenvalue weighted by Crippen LogP contribution is -2.20. The van der Waals surface area contributed by atoms with Gasteiger partial charge in [0.05, 0.1) is 7.11 Å². The number of anilines is 1. The number of carbonyl (C=O) groups excluding carboxylic acids is 1. The molecule has 9 heteroatoms. The molecule has 3 rings (SSSR count). The number of nitrogens with one attached hydrogen (secondary N) is 2.